The van der Waals surface area contributed by atoms with Gasteiger partial charge >= 0.3 is 0 Å². The van der Waals surface area contributed by atoms with Gasteiger partial charge in [-0.15, -0.1) is 0 Å². The average molecular weight is 296 g/mol. The van der Waals surface area contributed by atoms with Crippen LogP contribution in [0.5, 0.6) is 11.5 Å². The van der Waals surface area contributed by atoms with Crippen molar-refractivity contribution in [1.82, 2.24) is 10.5 Å². The Bertz CT molecular complexity index is 460. The molecule has 0 aromatic heterocycles. The summed E-state index contributed by atoms with van der Waals surface area (Å²) in [4.78, 5) is 11.3. The number of hydrogen-bond acceptors (Lipinski definition) is 4. The third-order valence-corrected chi connectivity index (χ3v) is 3.19. The number of nitrogens with one attached hydrogen (secondary N) is 2. The van der Waals surface area contributed by atoms with Gasteiger partial charge in [0.15, 0.2) is 26.2 Å². The van der Waals surface area contributed by atoms with Gasteiger partial charge < -0.3 is 20.0 Å². The van der Waals surface area contributed by atoms with E-state index in [0.29, 0.717) is 17.9 Å². The minimum Gasteiger partial charge on any atom is -0.493 e. The molecule has 0 unspecified atom stereocenters. The number of hydrogen-bond donors (Lipinski definition) is 2. The summed E-state index contributed by atoms with van der Waals surface area (Å²) in [6, 6.07) is 5.19. The summed E-state index contributed by atoms with van der Waals surface area (Å²) in [5.74, 6) is 0.592. The van der Waals surface area contributed by atoms with E-state index < -0.39 is 12.6 Å². The van der Waals surface area contributed by atoms with E-state index >= 15 is 0 Å². The van der Waals surface area contributed by atoms with Crippen LogP contribution in [0.2, 0.25) is 0 Å². The van der Waals surface area contributed by atoms with Crippen molar-refractivity contribution in [3.05, 3.63) is 23.8 Å². The molecule has 21 heavy (non-hydrogen) atoms. The maximum atomic E-state index is 12.4. The number of halogens is 1. The van der Waals surface area contributed by atoms with E-state index in [2.05, 4.69) is 10.5 Å². The fourth-order valence-electron chi connectivity index (χ4n) is 2.11. The van der Waals surface area contributed by atoms with E-state index in [1.807, 2.05) is 14.0 Å². The van der Waals surface area contributed by atoms with Crippen LogP contribution >= 0.6 is 0 Å². The van der Waals surface area contributed by atoms with Gasteiger partial charge in [-0.05, 0) is 37.1 Å². The standard InChI is InChI=1S/C14H22BFN2O3/c1-20-12-6-5-10(8-13(12)21-2)11(4-3-7-17-15)18-14(19)9-16/h5-6,8,11,17H,3-4,7,9,15H2,1-2H3,(H,18,19)/t11-/m1/s1. The quantitative estimate of drug-likeness (QED) is 0.521. The molecule has 0 aliphatic carbocycles. The Balaban J connectivity index is 2.92. The average Bonchev–Trinajstić information content (AvgIpc) is 2.53. The van der Waals surface area contributed by atoms with Crippen LogP contribution in [0, 0.1) is 0 Å². The molecular formula is C14H22BFN2O3. The molecule has 0 fully saturated rings. The Morgan fingerprint density at radius 1 is 1.33 bits per heavy atom. The molecule has 0 radical (unpaired) electrons. The summed E-state index contributed by atoms with van der Waals surface area (Å²) in [5.41, 5.74) is 0.866. The summed E-state index contributed by atoms with van der Waals surface area (Å²) in [6.07, 6.45) is 1.57. The molecule has 0 aliphatic heterocycles. The van der Waals surface area contributed by atoms with Crippen LogP contribution in [0.3, 0.4) is 0 Å². The van der Waals surface area contributed by atoms with Gasteiger partial charge in [-0.1, -0.05) is 6.07 Å². The highest BCUT2D eigenvalue weighted by molar-refractivity contribution is 6.04. The first-order chi connectivity index (χ1) is 10.2. The first-order valence-corrected chi connectivity index (χ1v) is 6.88. The molecule has 0 aliphatic rings. The molecule has 1 aromatic carbocycles. The second kappa shape index (κ2) is 9.23. The lowest BCUT2D eigenvalue weighted by atomic mass is 10.0. The molecular weight excluding hydrogens is 274 g/mol. The Hall–Kier alpha value is -1.76. The van der Waals surface area contributed by atoms with Crippen LogP contribution in [0.1, 0.15) is 24.4 Å². The largest absolute Gasteiger partial charge is 0.493 e. The maximum Gasteiger partial charge on any atom is 0.251 e. The van der Waals surface area contributed by atoms with Crippen molar-refractivity contribution in [2.45, 2.75) is 18.9 Å². The molecule has 0 saturated heterocycles. The SMILES string of the molecule is BNCCC[C@@H](NC(=O)CF)c1ccc(OC)c(OC)c1. The number of benzene rings is 1. The van der Waals surface area contributed by atoms with Crippen molar-refractivity contribution < 1.29 is 18.7 Å². The molecule has 1 atom stereocenters. The fourth-order valence-corrected chi connectivity index (χ4v) is 2.11. The third kappa shape index (κ3) is 5.26. The highest BCUT2D eigenvalue weighted by Gasteiger charge is 2.16. The zero-order valence-electron chi connectivity index (χ0n) is 12.7. The highest BCUT2D eigenvalue weighted by atomic mass is 19.1. The van der Waals surface area contributed by atoms with Crippen molar-refractivity contribution in [2.24, 2.45) is 0 Å². The third-order valence-electron chi connectivity index (χ3n) is 3.19. The first kappa shape index (κ1) is 17.3. The molecule has 0 saturated carbocycles. The van der Waals surface area contributed by atoms with Gasteiger partial charge in [0.1, 0.15) is 0 Å². The Morgan fingerprint density at radius 2 is 2.05 bits per heavy atom. The number of rotatable bonds is 9. The monoisotopic (exact) mass is 296 g/mol. The second-order valence-electron chi connectivity index (χ2n) is 4.61. The van der Waals surface area contributed by atoms with Crippen molar-refractivity contribution in [2.75, 3.05) is 27.4 Å². The van der Waals surface area contributed by atoms with Crippen LogP contribution in [0.15, 0.2) is 18.2 Å². The van der Waals surface area contributed by atoms with E-state index in [1.54, 1.807) is 26.4 Å². The molecule has 7 heteroatoms. The second-order valence-corrected chi connectivity index (χ2v) is 4.61. The van der Waals surface area contributed by atoms with E-state index in [1.165, 1.54) is 0 Å². The smallest absolute Gasteiger partial charge is 0.251 e. The van der Waals surface area contributed by atoms with Crippen LogP contribution in [0.25, 0.3) is 0 Å². The van der Waals surface area contributed by atoms with Gasteiger partial charge in [0, 0.05) is 0 Å². The molecule has 116 valence electrons. The first-order valence-electron chi connectivity index (χ1n) is 6.88. The topological polar surface area (TPSA) is 59.6 Å². The van der Waals surface area contributed by atoms with Gasteiger partial charge in [-0.3, -0.25) is 4.79 Å². The minimum atomic E-state index is -1.02. The molecule has 1 rings (SSSR count). The van der Waals surface area contributed by atoms with E-state index in [9.17, 15) is 9.18 Å². The van der Waals surface area contributed by atoms with Crippen LogP contribution in [-0.4, -0.2) is 41.3 Å². The fraction of sp³-hybridized carbons (Fsp3) is 0.500. The van der Waals surface area contributed by atoms with Crippen LogP contribution in [-0.2, 0) is 4.79 Å². The molecule has 0 bridgehead atoms. The van der Waals surface area contributed by atoms with Gasteiger partial charge in [0.2, 0.25) is 0 Å². The van der Waals surface area contributed by atoms with Gasteiger partial charge in [-0.2, -0.15) is 0 Å². The molecule has 5 nitrogen and oxygen atoms in total. The van der Waals surface area contributed by atoms with Crippen LogP contribution < -0.4 is 20.0 Å². The summed E-state index contributed by atoms with van der Waals surface area (Å²) < 4.78 is 22.9. The number of amides is 1. The molecule has 0 spiro atoms. The minimum absolute atomic E-state index is 0.249. The van der Waals surface area contributed by atoms with Gasteiger partial charge in [0.25, 0.3) is 5.91 Å². The normalized spacial score (nSPS) is 11.8. The van der Waals surface area contributed by atoms with Gasteiger partial charge in [-0.25, -0.2) is 4.39 Å². The summed E-state index contributed by atoms with van der Waals surface area (Å²) in [5, 5.41) is 5.74. The summed E-state index contributed by atoms with van der Waals surface area (Å²) in [7, 11) is 4.98. The summed E-state index contributed by atoms with van der Waals surface area (Å²) in [6.45, 7) is -0.189. The number of carbonyl (C=O) groups is 1. The predicted octanol–water partition coefficient (Wildman–Crippen LogP) is 0.748. The summed E-state index contributed by atoms with van der Waals surface area (Å²) >= 11 is 0. The predicted molar refractivity (Wildman–Crippen MR) is 82.2 cm³/mol. The lowest BCUT2D eigenvalue weighted by Gasteiger charge is -2.20. The Labute approximate surface area is 125 Å². The number of carbonyl (C=O) groups excluding carboxylic acids is 1. The highest BCUT2D eigenvalue weighted by Crippen LogP contribution is 2.31. The molecule has 2 N–H and O–H groups in total. The lowest BCUT2D eigenvalue weighted by molar-refractivity contribution is -0.122. The van der Waals surface area contributed by atoms with E-state index in [4.69, 9.17) is 9.47 Å². The molecule has 1 amide bonds. The van der Waals surface area contributed by atoms with E-state index in [-0.39, 0.29) is 6.04 Å². The van der Waals surface area contributed by atoms with Crippen molar-refractivity contribution >= 4 is 13.9 Å². The van der Waals surface area contributed by atoms with Crippen LogP contribution in [0.4, 0.5) is 4.39 Å². The Morgan fingerprint density at radius 3 is 2.62 bits per heavy atom. The van der Waals surface area contributed by atoms with Gasteiger partial charge in [0.05, 0.1) is 20.3 Å². The number of ether oxygens (including phenoxy) is 2. The molecule has 0 heterocycles. The number of methoxy groups -OCH3 is 2. The van der Waals surface area contributed by atoms with Crippen molar-refractivity contribution in [3.63, 3.8) is 0 Å². The lowest BCUT2D eigenvalue weighted by Crippen LogP contribution is -2.30. The maximum absolute atomic E-state index is 12.4. The van der Waals surface area contributed by atoms with Crippen molar-refractivity contribution in [1.29, 1.82) is 0 Å². The number of alkyl halides is 1. The zero-order valence-corrected chi connectivity index (χ0v) is 12.7. The Kier molecular flexibility index (Phi) is 7.60. The molecule has 1 aromatic rings. The van der Waals surface area contributed by atoms with E-state index in [0.717, 1.165) is 18.5 Å². The zero-order chi connectivity index (χ0) is 15.7. The van der Waals surface area contributed by atoms with Crippen molar-refractivity contribution in [3.8, 4) is 11.5 Å².